The molecule has 6 heavy (non-hydrogen) atoms. The van der Waals surface area contributed by atoms with Crippen molar-refractivity contribution in [2.75, 3.05) is 0 Å². The second kappa shape index (κ2) is 3.03. The van der Waals surface area contributed by atoms with Crippen molar-refractivity contribution in [3.05, 3.63) is 12.4 Å². The van der Waals surface area contributed by atoms with Crippen LogP contribution in [0.15, 0.2) is 12.4 Å². The Hall–Kier alpha value is -0.180. The van der Waals surface area contributed by atoms with Crippen LogP contribution in [0.2, 0.25) is 0 Å². The molecule has 0 rings (SSSR count). The topological polar surface area (TPSA) is 17.1 Å². The first-order valence-corrected chi connectivity index (χ1v) is 2.03. The second-order valence-electron chi connectivity index (χ2n) is 0.597. The van der Waals surface area contributed by atoms with Crippen molar-refractivity contribution < 1.29 is 9.18 Å². The molecule has 0 spiro atoms. The quantitative estimate of drug-likeness (QED) is 0.410. The highest BCUT2D eigenvalue weighted by molar-refractivity contribution is 9.18. The molecule has 0 aromatic rings. The molecule has 0 atom stereocenters. The highest BCUT2D eigenvalue weighted by Crippen LogP contribution is 1.84. The first-order chi connectivity index (χ1) is 2.77. The molecule has 0 saturated carbocycles. The smallest absolute Gasteiger partial charge is 0.223 e. The van der Waals surface area contributed by atoms with Gasteiger partial charge < -0.3 is 0 Å². The highest BCUT2D eigenvalue weighted by Gasteiger charge is 1.78. The van der Waals surface area contributed by atoms with E-state index in [-0.39, 0.29) is 6.33 Å². The Morgan fingerprint density at radius 2 is 2.33 bits per heavy atom. The molecule has 0 fully saturated rings. The van der Waals surface area contributed by atoms with Gasteiger partial charge in [0.2, 0.25) is 4.69 Å². The van der Waals surface area contributed by atoms with Gasteiger partial charge in [-0.05, 0) is 15.9 Å². The molecule has 0 amide bonds. The maximum Gasteiger partial charge on any atom is 0.223 e. The Morgan fingerprint density at radius 3 is 2.33 bits per heavy atom. The fourth-order valence-corrected chi connectivity index (χ4v) is 0.149. The molecule has 0 heterocycles. The van der Waals surface area contributed by atoms with Crippen molar-refractivity contribution in [3.8, 4) is 0 Å². The molecular formula is C3H2BrFO. The monoisotopic (exact) mass is 152 g/mol. The molecule has 0 aromatic heterocycles. The number of carbonyl (C=O) groups excluding carboxylic acids is 1. The summed E-state index contributed by atoms with van der Waals surface area (Å²) in [6, 6.07) is 0. The van der Waals surface area contributed by atoms with Gasteiger partial charge in [0.15, 0.2) is 0 Å². The summed E-state index contributed by atoms with van der Waals surface area (Å²) < 4.78 is 10.4. The number of hydrogen-bond donors (Lipinski definition) is 0. The molecule has 1 nitrogen and oxygen atoms in total. The number of hydrogen-bond acceptors (Lipinski definition) is 1. The summed E-state index contributed by atoms with van der Waals surface area (Å²) >= 11 is 2.47. The molecule has 0 aliphatic carbocycles. The van der Waals surface area contributed by atoms with Gasteiger partial charge in [0.05, 0.1) is 6.33 Å². The fourth-order valence-electron chi connectivity index (χ4n) is 0.0495. The van der Waals surface area contributed by atoms with E-state index in [1.54, 1.807) is 0 Å². The van der Waals surface area contributed by atoms with Crippen LogP contribution in [0.1, 0.15) is 0 Å². The van der Waals surface area contributed by atoms with Crippen molar-refractivity contribution in [1.29, 1.82) is 0 Å². The Labute approximate surface area is 43.0 Å². The molecule has 0 aliphatic rings. The van der Waals surface area contributed by atoms with E-state index in [1.807, 2.05) is 0 Å². The third kappa shape index (κ3) is 3.82. The summed E-state index contributed by atoms with van der Waals surface area (Å²) in [4.78, 5) is 9.63. The lowest BCUT2D eigenvalue weighted by atomic mass is 10.7. The second-order valence-corrected chi connectivity index (χ2v) is 1.38. The van der Waals surface area contributed by atoms with Gasteiger partial charge in [-0.2, -0.15) is 0 Å². The van der Waals surface area contributed by atoms with Gasteiger partial charge in [-0.3, -0.25) is 4.79 Å². The van der Waals surface area contributed by atoms with Crippen LogP contribution in [-0.2, 0) is 4.79 Å². The van der Waals surface area contributed by atoms with E-state index in [2.05, 4.69) is 15.9 Å². The highest BCUT2D eigenvalue weighted by atomic mass is 79.9. The van der Waals surface area contributed by atoms with Gasteiger partial charge in [-0.25, -0.2) is 4.39 Å². The number of rotatable bonds is 1. The van der Waals surface area contributed by atoms with Crippen LogP contribution in [0, 0.1) is 0 Å². The molecule has 3 heteroatoms. The SMILES string of the molecule is O=C(Br)C=CF. The Kier molecular flexibility index (Phi) is 2.94. The summed E-state index contributed by atoms with van der Waals surface area (Å²) in [5.41, 5.74) is 0. The molecule has 0 saturated heterocycles. The van der Waals surface area contributed by atoms with E-state index in [1.165, 1.54) is 0 Å². The van der Waals surface area contributed by atoms with Crippen LogP contribution < -0.4 is 0 Å². The molecule has 0 N–H and O–H groups in total. The van der Waals surface area contributed by atoms with Crippen molar-refractivity contribution in [3.63, 3.8) is 0 Å². The average Bonchev–Trinajstić information content (AvgIpc) is 1.35. The molecular weight excluding hydrogens is 151 g/mol. The van der Waals surface area contributed by atoms with Gasteiger partial charge in [0, 0.05) is 6.08 Å². The maximum atomic E-state index is 10.8. The third-order valence-electron chi connectivity index (χ3n) is 0.194. The van der Waals surface area contributed by atoms with Gasteiger partial charge >= 0.3 is 0 Å². The standard InChI is InChI=1S/C3H2BrFO/c4-3(6)1-2-5/h1-2H. The zero-order valence-electron chi connectivity index (χ0n) is 2.82. The van der Waals surface area contributed by atoms with Crippen LogP contribution in [0.25, 0.3) is 0 Å². The molecule has 0 radical (unpaired) electrons. The van der Waals surface area contributed by atoms with Gasteiger partial charge in [0.25, 0.3) is 0 Å². The van der Waals surface area contributed by atoms with Crippen molar-refractivity contribution in [2.45, 2.75) is 0 Å². The van der Waals surface area contributed by atoms with E-state index < -0.39 is 4.69 Å². The van der Waals surface area contributed by atoms with E-state index in [4.69, 9.17) is 0 Å². The first-order valence-electron chi connectivity index (χ1n) is 1.23. The van der Waals surface area contributed by atoms with E-state index >= 15 is 0 Å². The molecule has 0 aromatic carbocycles. The first kappa shape index (κ1) is 5.82. The largest absolute Gasteiger partial charge is 0.282 e. The summed E-state index contributed by atoms with van der Waals surface area (Å²) in [7, 11) is 0. The Morgan fingerprint density at radius 1 is 1.83 bits per heavy atom. The minimum Gasteiger partial charge on any atom is -0.282 e. The van der Waals surface area contributed by atoms with Crippen molar-refractivity contribution >= 4 is 20.6 Å². The third-order valence-corrected chi connectivity index (χ3v) is 0.458. The van der Waals surface area contributed by atoms with E-state index in [9.17, 15) is 9.18 Å². The lowest BCUT2D eigenvalue weighted by Gasteiger charge is -1.63. The normalized spacial score (nSPS) is 9.67. The summed E-state index contributed by atoms with van der Waals surface area (Å²) in [6.07, 6.45) is 0.955. The maximum absolute atomic E-state index is 10.8. The molecule has 0 aliphatic heterocycles. The number of carbonyl (C=O) groups is 1. The van der Waals surface area contributed by atoms with Crippen LogP contribution in [0.3, 0.4) is 0 Å². The minimum atomic E-state index is -0.454. The van der Waals surface area contributed by atoms with Crippen LogP contribution in [0.4, 0.5) is 4.39 Å². The zero-order chi connectivity index (χ0) is 4.99. The summed E-state index contributed by atoms with van der Waals surface area (Å²) in [6.45, 7) is 0. The zero-order valence-corrected chi connectivity index (χ0v) is 4.40. The summed E-state index contributed by atoms with van der Waals surface area (Å²) in [5, 5.41) is 0. The van der Waals surface area contributed by atoms with Gasteiger partial charge in [0.1, 0.15) is 0 Å². The van der Waals surface area contributed by atoms with Crippen molar-refractivity contribution in [1.82, 2.24) is 0 Å². The lowest BCUT2D eigenvalue weighted by Crippen LogP contribution is -1.68. The summed E-state index contributed by atoms with van der Waals surface area (Å²) in [5.74, 6) is 0. The molecule has 0 unspecified atom stereocenters. The van der Waals surface area contributed by atoms with Crippen LogP contribution in [-0.4, -0.2) is 4.69 Å². The van der Waals surface area contributed by atoms with Crippen LogP contribution >= 0.6 is 15.9 Å². The molecule has 34 valence electrons. The molecule has 0 bridgehead atoms. The number of allylic oxidation sites excluding steroid dienone is 1. The van der Waals surface area contributed by atoms with Crippen molar-refractivity contribution in [2.24, 2.45) is 0 Å². The average molecular weight is 153 g/mol. The Balaban J connectivity index is 3.30. The predicted molar refractivity (Wildman–Crippen MR) is 24.2 cm³/mol. The van der Waals surface area contributed by atoms with Gasteiger partial charge in [-0.1, -0.05) is 0 Å². The lowest BCUT2D eigenvalue weighted by molar-refractivity contribution is -0.106. The Bertz CT molecular complexity index is 78.9. The van der Waals surface area contributed by atoms with E-state index in [0.717, 1.165) is 6.08 Å². The number of halogens is 2. The predicted octanol–water partition coefficient (Wildman–Crippen LogP) is 1.39. The van der Waals surface area contributed by atoms with Gasteiger partial charge in [-0.15, -0.1) is 0 Å². The van der Waals surface area contributed by atoms with Crippen LogP contribution in [0.5, 0.6) is 0 Å². The fraction of sp³-hybridized carbons (Fsp3) is 0. The minimum absolute atomic E-state index is 0.178. The van der Waals surface area contributed by atoms with E-state index in [0.29, 0.717) is 0 Å².